The molecule has 0 fully saturated rings. The first kappa shape index (κ1) is 18.2. The van der Waals surface area contributed by atoms with E-state index in [1.54, 1.807) is 4.68 Å². The summed E-state index contributed by atoms with van der Waals surface area (Å²) in [5, 5.41) is 8.16. The molecule has 3 rings (SSSR count). The molecule has 0 atom stereocenters. The highest BCUT2D eigenvalue weighted by molar-refractivity contribution is 6.31. The Hall–Kier alpha value is -2.59. The number of hydrogen-bond donors (Lipinski definition) is 1. The van der Waals surface area contributed by atoms with Gasteiger partial charge in [0.25, 0.3) is 0 Å². The molecule has 5 heteroatoms. The first-order valence-corrected chi connectivity index (χ1v) is 9.00. The Labute approximate surface area is 158 Å². The lowest BCUT2D eigenvalue weighted by Gasteiger charge is -2.07. The van der Waals surface area contributed by atoms with Crippen LogP contribution in [0.2, 0.25) is 5.02 Å². The molecule has 0 bridgehead atoms. The summed E-state index contributed by atoms with van der Waals surface area (Å²) in [6.45, 7) is 2.50. The maximum Gasteiger partial charge on any atom is 0.220 e. The van der Waals surface area contributed by atoms with Gasteiger partial charge in [0.05, 0.1) is 5.69 Å². The van der Waals surface area contributed by atoms with Crippen molar-refractivity contribution in [2.75, 3.05) is 0 Å². The van der Waals surface area contributed by atoms with Gasteiger partial charge in [-0.05, 0) is 30.5 Å². The van der Waals surface area contributed by atoms with Crippen molar-refractivity contribution in [1.29, 1.82) is 0 Å². The molecule has 0 radical (unpaired) electrons. The summed E-state index contributed by atoms with van der Waals surface area (Å²) in [7, 11) is 1.90. The predicted octanol–water partition coefficient (Wildman–Crippen LogP) is 4.30. The molecule has 26 heavy (non-hydrogen) atoms. The standard InChI is InChI=1S/C21H22ClN3O/c1-15-7-9-16(10-8-15)21-18(14-25(2)24-21)11-12-20(26)23-13-17-5-3-4-6-19(17)22/h3-10,14H,11-13H2,1-2H3,(H,23,26). The molecule has 0 saturated carbocycles. The Morgan fingerprint density at radius 3 is 2.58 bits per heavy atom. The molecule has 0 aliphatic rings. The number of aromatic nitrogens is 2. The lowest BCUT2D eigenvalue weighted by molar-refractivity contribution is -0.121. The highest BCUT2D eigenvalue weighted by Gasteiger charge is 2.12. The third-order valence-corrected chi connectivity index (χ3v) is 4.65. The molecule has 0 saturated heterocycles. The third kappa shape index (κ3) is 4.52. The van der Waals surface area contributed by atoms with Crippen LogP contribution in [-0.4, -0.2) is 15.7 Å². The fourth-order valence-corrected chi connectivity index (χ4v) is 3.05. The maximum absolute atomic E-state index is 12.2. The molecule has 2 aromatic carbocycles. The normalized spacial score (nSPS) is 10.7. The molecule has 1 amide bonds. The average molecular weight is 368 g/mol. The average Bonchev–Trinajstić information content (AvgIpc) is 3.00. The van der Waals surface area contributed by atoms with Crippen LogP contribution in [0.3, 0.4) is 0 Å². The van der Waals surface area contributed by atoms with E-state index in [-0.39, 0.29) is 5.91 Å². The Kier molecular flexibility index (Phi) is 5.74. The van der Waals surface area contributed by atoms with Crippen LogP contribution in [0.25, 0.3) is 11.3 Å². The van der Waals surface area contributed by atoms with E-state index in [1.807, 2.05) is 37.5 Å². The highest BCUT2D eigenvalue weighted by atomic mass is 35.5. The van der Waals surface area contributed by atoms with Gasteiger partial charge in [0.1, 0.15) is 0 Å². The van der Waals surface area contributed by atoms with Gasteiger partial charge in [-0.25, -0.2) is 0 Å². The van der Waals surface area contributed by atoms with E-state index in [4.69, 9.17) is 11.6 Å². The molecule has 1 aromatic heterocycles. The van der Waals surface area contributed by atoms with Crippen molar-refractivity contribution in [3.8, 4) is 11.3 Å². The molecule has 4 nitrogen and oxygen atoms in total. The summed E-state index contributed by atoms with van der Waals surface area (Å²) in [5.41, 5.74) is 5.22. The van der Waals surface area contributed by atoms with Crippen molar-refractivity contribution in [2.45, 2.75) is 26.3 Å². The fourth-order valence-electron chi connectivity index (χ4n) is 2.85. The summed E-state index contributed by atoms with van der Waals surface area (Å²) >= 11 is 6.12. The largest absolute Gasteiger partial charge is 0.352 e. The van der Waals surface area contributed by atoms with Crippen molar-refractivity contribution in [1.82, 2.24) is 15.1 Å². The zero-order valence-electron chi connectivity index (χ0n) is 15.0. The first-order chi connectivity index (χ1) is 12.5. The lowest BCUT2D eigenvalue weighted by Crippen LogP contribution is -2.23. The van der Waals surface area contributed by atoms with E-state index in [9.17, 15) is 4.79 Å². The van der Waals surface area contributed by atoms with Crippen LogP contribution in [0, 0.1) is 6.92 Å². The van der Waals surface area contributed by atoms with Gasteiger partial charge < -0.3 is 5.32 Å². The molecule has 3 aromatic rings. The summed E-state index contributed by atoms with van der Waals surface area (Å²) < 4.78 is 1.80. The monoisotopic (exact) mass is 367 g/mol. The van der Waals surface area contributed by atoms with Gasteiger partial charge in [0.2, 0.25) is 5.91 Å². The van der Waals surface area contributed by atoms with Crippen LogP contribution in [0.5, 0.6) is 0 Å². The number of carbonyl (C=O) groups is 1. The van der Waals surface area contributed by atoms with E-state index < -0.39 is 0 Å². The minimum atomic E-state index is 0.00336. The number of amides is 1. The molecule has 1 heterocycles. The zero-order valence-corrected chi connectivity index (χ0v) is 15.8. The Bertz CT molecular complexity index is 900. The smallest absolute Gasteiger partial charge is 0.220 e. The lowest BCUT2D eigenvalue weighted by atomic mass is 10.0. The second-order valence-corrected chi connectivity index (χ2v) is 6.82. The molecule has 134 valence electrons. The van der Waals surface area contributed by atoms with Gasteiger partial charge in [0, 0.05) is 36.8 Å². The number of halogens is 1. The van der Waals surface area contributed by atoms with Gasteiger partial charge in [-0.3, -0.25) is 9.48 Å². The van der Waals surface area contributed by atoms with Crippen LogP contribution in [0.4, 0.5) is 0 Å². The number of rotatable bonds is 6. The van der Waals surface area contributed by atoms with Crippen LogP contribution in [0.1, 0.15) is 23.1 Å². The molecule has 0 aliphatic carbocycles. The minimum absolute atomic E-state index is 0.00336. The second-order valence-electron chi connectivity index (χ2n) is 6.41. The Balaban J connectivity index is 1.62. The minimum Gasteiger partial charge on any atom is -0.352 e. The summed E-state index contributed by atoms with van der Waals surface area (Å²) in [6, 6.07) is 15.8. The first-order valence-electron chi connectivity index (χ1n) is 8.62. The van der Waals surface area contributed by atoms with E-state index in [2.05, 4.69) is 41.6 Å². The molecular weight excluding hydrogens is 346 g/mol. The maximum atomic E-state index is 12.2. The number of benzene rings is 2. The van der Waals surface area contributed by atoms with Crippen molar-refractivity contribution in [3.05, 3.63) is 76.4 Å². The number of carbonyl (C=O) groups excluding carboxylic acids is 1. The zero-order chi connectivity index (χ0) is 18.5. The van der Waals surface area contributed by atoms with Crippen LogP contribution < -0.4 is 5.32 Å². The van der Waals surface area contributed by atoms with Gasteiger partial charge in [-0.2, -0.15) is 5.10 Å². The highest BCUT2D eigenvalue weighted by Crippen LogP contribution is 2.23. The van der Waals surface area contributed by atoms with Gasteiger partial charge in [0.15, 0.2) is 0 Å². The van der Waals surface area contributed by atoms with Gasteiger partial charge >= 0.3 is 0 Å². The van der Waals surface area contributed by atoms with Crippen LogP contribution in [0.15, 0.2) is 54.7 Å². The van der Waals surface area contributed by atoms with Crippen LogP contribution in [-0.2, 0) is 24.8 Å². The topological polar surface area (TPSA) is 46.9 Å². The SMILES string of the molecule is Cc1ccc(-c2nn(C)cc2CCC(=O)NCc2ccccc2Cl)cc1. The van der Waals surface area contributed by atoms with Gasteiger partial charge in [-0.15, -0.1) is 0 Å². The van der Waals surface area contributed by atoms with E-state index in [0.717, 1.165) is 22.4 Å². The van der Waals surface area contributed by atoms with Gasteiger partial charge in [-0.1, -0.05) is 59.6 Å². The summed E-state index contributed by atoms with van der Waals surface area (Å²) in [5.74, 6) is 0.00336. The van der Waals surface area contributed by atoms with Crippen molar-refractivity contribution in [2.24, 2.45) is 7.05 Å². The number of nitrogens with zero attached hydrogens (tertiary/aromatic N) is 2. The molecule has 0 unspecified atom stereocenters. The molecule has 0 spiro atoms. The molecule has 1 N–H and O–H groups in total. The second kappa shape index (κ2) is 8.19. The third-order valence-electron chi connectivity index (χ3n) is 4.28. The van der Waals surface area contributed by atoms with E-state index >= 15 is 0 Å². The van der Waals surface area contributed by atoms with Crippen molar-refractivity contribution in [3.63, 3.8) is 0 Å². The van der Waals surface area contributed by atoms with Crippen molar-refractivity contribution >= 4 is 17.5 Å². The quantitative estimate of drug-likeness (QED) is 0.706. The molecule has 0 aliphatic heterocycles. The van der Waals surface area contributed by atoms with Crippen molar-refractivity contribution < 1.29 is 4.79 Å². The van der Waals surface area contributed by atoms with E-state index in [1.165, 1.54) is 5.56 Å². The number of aryl methyl sites for hydroxylation is 3. The van der Waals surface area contributed by atoms with Crippen LogP contribution >= 0.6 is 11.6 Å². The predicted molar refractivity (Wildman–Crippen MR) is 105 cm³/mol. The number of hydrogen-bond acceptors (Lipinski definition) is 2. The summed E-state index contributed by atoms with van der Waals surface area (Å²) in [4.78, 5) is 12.2. The fraction of sp³-hybridized carbons (Fsp3) is 0.238. The molecular formula is C21H22ClN3O. The Morgan fingerprint density at radius 2 is 1.85 bits per heavy atom. The summed E-state index contributed by atoms with van der Waals surface area (Å²) in [6.07, 6.45) is 3.04. The van der Waals surface area contributed by atoms with E-state index in [0.29, 0.717) is 24.4 Å². The Morgan fingerprint density at radius 1 is 1.12 bits per heavy atom. The number of nitrogens with one attached hydrogen (secondary N) is 1.